The van der Waals surface area contributed by atoms with Gasteiger partial charge in [0.05, 0.1) is 18.6 Å². The Hall–Kier alpha value is -1.55. The minimum Gasteiger partial charge on any atom is -0.491 e. The summed E-state index contributed by atoms with van der Waals surface area (Å²) in [6, 6.07) is 7.69. The van der Waals surface area contributed by atoms with E-state index in [1.807, 2.05) is 52.0 Å². The van der Waals surface area contributed by atoms with Gasteiger partial charge >= 0.3 is 0 Å². The molecule has 1 N–H and O–H groups in total. The van der Waals surface area contributed by atoms with Crippen molar-refractivity contribution in [3.63, 3.8) is 0 Å². The van der Waals surface area contributed by atoms with E-state index in [0.29, 0.717) is 13.0 Å². The molecule has 1 aromatic carbocycles. The molecule has 0 fully saturated rings. The van der Waals surface area contributed by atoms with Crippen LogP contribution in [-0.4, -0.2) is 40.7 Å². The van der Waals surface area contributed by atoms with E-state index in [4.69, 9.17) is 4.74 Å². The second-order valence-corrected chi connectivity index (χ2v) is 5.98. The molecule has 1 atom stereocenters. The molecule has 118 valence electrons. The Morgan fingerprint density at radius 3 is 2.43 bits per heavy atom. The lowest BCUT2D eigenvalue weighted by molar-refractivity contribution is -0.133. The molecular formula is C17H27NO3. The van der Waals surface area contributed by atoms with Crippen molar-refractivity contribution < 1.29 is 14.6 Å². The molecule has 0 saturated carbocycles. The number of nitrogens with zero attached hydrogens (tertiary/aromatic N) is 1. The fourth-order valence-corrected chi connectivity index (χ4v) is 2.16. The first-order chi connectivity index (χ1) is 9.79. The molecule has 0 bridgehead atoms. The van der Waals surface area contributed by atoms with Crippen molar-refractivity contribution >= 4 is 5.91 Å². The van der Waals surface area contributed by atoms with Gasteiger partial charge in [-0.15, -0.1) is 0 Å². The highest BCUT2D eigenvalue weighted by Crippen LogP contribution is 2.16. The molecule has 0 aromatic heterocycles. The lowest BCUT2D eigenvalue weighted by atomic mass is 10.1. The molecule has 0 saturated heterocycles. The first-order valence-electron chi connectivity index (χ1n) is 7.52. The summed E-state index contributed by atoms with van der Waals surface area (Å²) >= 11 is 0. The number of ether oxygens (including phenoxy) is 1. The Balaban J connectivity index is 2.76. The average molecular weight is 293 g/mol. The van der Waals surface area contributed by atoms with E-state index in [1.165, 1.54) is 0 Å². The van der Waals surface area contributed by atoms with Gasteiger partial charge in [0.25, 0.3) is 0 Å². The van der Waals surface area contributed by atoms with Crippen molar-refractivity contribution in [1.82, 2.24) is 4.90 Å². The monoisotopic (exact) mass is 293 g/mol. The van der Waals surface area contributed by atoms with Crippen LogP contribution in [0.2, 0.25) is 0 Å². The Morgan fingerprint density at radius 2 is 1.90 bits per heavy atom. The van der Waals surface area contributed by atoms with Crippen molar-refractivity contribution in [3.8, 4) is 5.75 Å². The Labute approximate surface area is 127 Å². The summed E-state index contributed by atoms with van der Waals surface area (Å²) in [5.74, 6) is 0.800. The molecule has 1 amide bonds. The van der Waals surface area contributed by atoms with Crippen LogP contribution in [0.4, 0.5) is 0 Å². The number of carbonyl (C=O) groups excluding carboxylic acids is 1. The number of hydrogen-bond donors (Lipinski definition) is 1. The predicted octanol–water partition coefficient (Wildman–Crippen LogP) is 2.63. The smallest absolute Gasteiger partial charge is 0.227 e. The largest absolute Gasteiger partial charge is 0.491 e. The normalized spacial score (nSPS) is 12.6. The molecule has 1 aromatic rings. The summed E-state index contributed by atoms with van der Waals surface area (Å²) in [7, 11) is 0. The predicted molar refractivity (Wildman–Crippen MR) is 84.4 cm³/mol. The topological polar surface area (TPSA) is 49.8 Å². The molecule has 1 rings (SSSR count). The highest BCUT2D eigenvalue weighted by molar-refractivity contribution is 5.79. The lowest BCUT2D eigenvalue weighted by Crippen LogP contribution is -2.42. The zero-order chi connectivity index (χ0) is 16.0. The van der Waals surface area contributed by atoms with Crippen molar-refractivity contribution in [2.45, 2.75) is 59.3 Å². The van der Waals surface area contributed by atoms with Crippen LogP contribution in [-0.2, 0) is 11.2 Å². The zero-order valence-electron chi connectivity index (χ0n) is 13.7. The van der Waals surface area contributed by atoms with Gasteiger partial charge in [-0.05, 0) is 52.3 Å². The SMILES string of the molecule is CC(O)CN(C(=O)Cc1cccc(OC(C)C)c1)C(C)C. The highest BCUT2D eigenvalue weighted by atomic mass is 16.5. The molecule has 0 spiro atoms. The number of carbonyl (C=O) groups is 1. The molecule has 4 heteroatoms. The van der Waals surface area contributed by atoms with Crippen molar-refractivity contribution in [1.29, 1.82) is 0 Å². The van der Waals surface area contributed by atoms with E-state index in [1.54, 1.807) is 11.8 Å². The maximum absolute atomic E-state index is 12.4. The summed E-state index contributed by atoms with van der Waals surface area (Å²) in [6.45, 7) is 9.91. The van der Waals surface area contributed by atoms with Crippen molar-refractivity contribution in [3.05, 3.63) is 29.8 Å². The molecule has 4 nitrogen and oxygen atoms in total. The fraction of sp³-hybridized carbons (Fsp3) is 0.588. The molecule has 0 heterocycles. The molecule has 0 aliphatic carbocycles. The molecular weight excluding hydrogens is 266 g/mol. The number of amides is 1. The minimum atomic E-state index is -0.521. The second-order valence-electron chi connectivity index (χ2n) is 5.98. The first kappa shape index (κ1) is 17.5. The van der Waals surface area contributed by atoms with Gasteiger partial charge in [0.1, 0.15) is 5.75 Å². The standard InChI is InChI=1S/C17H27NO3/c1-12(2)18(11-14(5)19)17(20)10-15-7-6-8-16(9-15)21-13(3)4/h6-9,12-14,19H,10-11H2,1-5H3. The van der Waals surface area contributed by atoms with Crippen LogP contribution in [0.25, 0.3) is 0 Å². The van der Waals surface area contributed by atoms with Gasteiger partial charge in [0, 0.05) is 12.6 Å². The molecule has 0 radical (unpaired) electrons. The number of rotatable bonds is 7. The summed E-state index contributed by atoms with van der Waals surface area (Å²) in [4.78, 5) is 14.1. The van der Waals surface area contributed by atoms with Gasteiger partial charge < -0.3 is 14.7 Å². The first-order valence-corrected chi connectivity index (χ1v) is 7.52. The van der Waals surface area contributed by atoms with Gasteiger partial charge in [-0.25, -0.2) is 0 Å². The van der Waals surface area contributed by atoms with Gasteiger partial charge in [0.15, 0.2) is 0 Å². The van der Waals surface area contributed by atoms with E-state index < -0.39 is 6.10 Å². The van der Waals surface area contributed by atoms with Gasteiger partial charge in [-0.2, -0.15) is 0 Å². The van der Waals surface area contributed by atoms with E-state index in [9.17, 15) is 9.90 Å². The summed E-state index contributed by atoms with van der Waals surface area (Å²) in [5.41, 5.74) is 0.925. The lowest BCUT2D eigenvalue weighted by Gasteiger charge is -2.28. The van der Waals surface area contributed by atoms with Crippen LogP contribution in [0.15, 0.2) is 24.3 Å². The molecule has 1 unspecified atom stereocenters. The van der Waals surface area contributed by atoms with Crippen LogP contribution in [0.5, 0.6) is 5.75 Å². The van der Waals surface area contributed by atoms with E-state index in [-0.39, 0.29) is 18.1 Å². The summed E-state index contributed by atoms with van der Waals surface area (Å²) in [5, 5.41) is 9.52. The number of aliphatic hydroxyl groups excluding tert-OH is 1. The van der Waals surface area contributed by atoms with Crippen molar-refractivity contribution in [2.75, 3.05) is 6.54 Å². The fourth-order valence-electron chi connectivity index (χ4n) is 2.16. The van der Waals surface area contributed by atoms with Crippen LogP contribution < -0.4 is 4.74 Å². The Bertz CT molecular complexity index is 455. The van der Waals surface area contributed by atoms with Crippen LogP contribution in [0, 0.1) is 0 Å². The maximum atomic E-state index is 12.4. The summed E-state index contributed by atoms with van der Waals surface area (Å²) in [6.07, 6.45) is -0.0921. The number of hydrogen-bond acceptors (Lipinski definition) is 3. The van der Waals surface area contributed by atoms with Gasteiger partial charge in [-0.1, -0.05) is 12.1 Å². The third-order valence-corrected chi connectivity index (χ3v) is 3.03. The van der Waals surface area contributed by atoms with Crippen LogP contribution in [0.3, 0.4) is 0 Å². The van der Waals surface area contributed by atoms with Crippen molar-refractivity contribution in [2.24, 2.45) is 0 Å². The summed E-state index contributed by atoms with van der Waals surface area (Å²) < 4.78 is 5.64. The van der Waals surface area contributed by atoms with Crippen LogP contribution in [0.1, 0.15) is 40.2 Å². The Morgan fingerprint density at radius 1 is 1.24 bits per heavy atom. The van der Waals surface area contributed by atoms with Gasteiger partial charge in [-0.3, -0.25) is 4.79 Å². The third-order valence-electron chi connectivity index (χ3n) is 3.03. The maximum Gasteiger partial charge on any atom is 0.227 e. The second kappa shape index (κ2) is 8.03. The number of aliphatic hydroxyl groups is 1. The number of benzene rings is 1. The molecule has 0 aliphatic heterocycles. The Kier molecular flexibility index (Phi) is 6.69. The van der Waals surface area contributed by atoms with Crippen LogP contribution >= 0.6 is 0 Å². The quantitative estimate of drug-likeness (QED) is 0.841. The van der Waals surface area contributed by atoms with E-state index in [2.05, 4.69) is 0 Å². The molecule has 21 heavy (non-hydrogen) atoms. The third kappa shape index (κ3) is 6.17. The van der Waals surface area contributed by atoms with E-state index in [0.717, 1.165) is 11.3 Å². The van der Waals surface area contributed by atoms with Gasteiger partial charge in [0.2, 0.25) is 5.91 Å². The highest BCUT2D eigenvalue weighted by Gasteiger charge is 2.19. The minimum absolute atomic E-state index is 0.0209. The van der Waals surface area contributed by atoms with E-state index >= 15 is 0 Å². The zero-order valence-corrected chi connectivity index (χ0v) is 13.7. The average Bonchev–Trinajstić information content (AvgIpc) is 2.34. The molecule has 0 aliphatic rings.